The molecule has 3 aromatic rings. The maximum absolute atomic E-state index is 14.8. The van der Waals surface area contributed by atoms with Crippen LogP contribution in [0.2, 0.25) is 0 Å². The van der Waals surface area contributed by atoms with Crippen LogP contribution in [0.4, 0.5) is 10.2 Å². The fraction of sp³-hybridized carbons (Fsp3) is 0.318. The van der Waals surface area contributed by atoms with Gasteiger partial charge in [0.15, 0.2) is 5.78 Å². The third kappa shape index (κ3) is 6.01. The number of aliphatic hydroxyl groups excluding tert-OH is 1. The third-order valence-electron chi connectivity index (χ3n) is 5.71. The third-order valence-corrected chi connectivity index (χ3v) is 7.88. The molecule has 0 amide bonds. The summed E-state index contributed by atoms with van der Waals surface area (Å²) in [6.45, 7) is 0.518. The number of anilines is 1. The SMILES string of the molecule is CNS(=O)(=O)O[C@@H]1C[C@@H](Nc2ncncc2C(=O)c2cc(Br)n(Cc3cccc(Br)c3)c2)[C@@H](F)[C@@H]1O. The molecule has 4 atom stereocenters. The Labute approximate surface area is 223 Å². The van der Waals surface area contributed by atoms with E-state index in [1.54, 1.807) is 12.3 Å². The van der Waals surface area contributed by atoms with Crippen molar-refractivity contribution in [1.29, 1.82) is 0 Å². The summed E-state index contributed by atoms with van der Waals surface area (Å²) in [5, 5.41) is 13.0. The van der Waals surface area contributed by atoms with Crippen LogP contribution in [-0.2, 0) is 21.0 Å². The first-order chi connectivity index (χ1) is 17.1. The van der Waals surface area contributed by atoms with E-state index in [0.29, 0.717) is 16.7 Å². The second-order valence-electron chi connectivity index (χ2n) is 8.14. The number of aromatic nitrogens is 3. The number of rotatable bonds is 9. The maximum Gasteiger partial charge on any atom is 0.335 e. The van der Waals surface area contributed by atoms with E-state index in [0.717, 1.165) is 17.1 Å². The predicted octanol–water partition coefficient (Wildman–Crippen LogP) is 2.82. The van der Waals surface area contributed by atoms with Crippen molar-refractivity contribution in [1.82, 2.24) is 19.3 Å². The van der Waals surface area contributed by atoms with Gasteiger partial charge in [-0.15, -0.1) is 0 Å². The first kappa shape index (κ1) is 26.8. The molecule has 0 unspecified atom stereocenters. The monoisotopic (exact) mass is 645 g/mol. The maximum atomic E-state index is 14.8. The molecule has 10 nitrogen and oxygen atoms in total. The highest BCUT2D eigenvalue weighted by Gasteiger charge is 2.46. The highest BCUT2D eigenvalue weighted by Crippen LogP contribution is 2.31. The molecule has 0 bridgehead atoms. The highest BCUT2D eigenvalue weighted by molar-refractivity contribution is 9.10. The van der Waals surface area contributed by atoms with E-state index in [9.17, 15) is 22.7 Å². The van der Waals surface area contributed by atoms with Gasteiger partial charge in [-0.25, -0.2) is 14.4 Å². The minimum absolute atomic E-state index is 0.0582. The van der Waals surface area contributed by atoms with Gasteiger partial charge < -0.3 is 15.0 Å². The Hall–Kier alpha value is -2.23. The van der Waals surface area contributed by atoms with Crippen LogP contribution in [-0.4, -0.2) is 65.3 Å². The molecule has 1 fully saturated rings. The van der Waals surface area contributed by atoms with Gasteiger partial charge in [0.25, 0.3) is 0 Å². The van der Waals surface area contributed by atoms with Gasteiger partial charge in [0.05, 0.1) is 16.2 Å². The minimum Gasteiger partial charge on any atom is -0.387 e. The van der Waals surface area contributed by atoms with Gasteiger partial charge in [0, 0.05) is 42.4 Å². The predicted molar refractivity (Wildman–Crippen MR) is 137 cm³/mol. The molecular weight excluding hydrogens is 625 g/mol. The smallest absolute Gasteiger partial charge is 0.335 e. The molecule has 2 aromatic heterocycles. The largest absolute Gasteiger partial charge is 0.387 e. The lowest BCUT2D eigenvalue weighted by molar-refractivity contribution is 0.0248. The Bertz CT molecular complexity index is 1370. The molecule has 36 heavy (non-hydrogen) atoms. The van der Waals surface area contributed by atoms with Crippen molar-refractivity contribution in [2.24, 2.45) is 0 Å². The van der Waals surface area contributed by atoms with Crippen LogP contribution < -0.4 is 10.0 Å². The molecule has 1 aliphatic rings. The van der Waals surface area contributed by atoms with Crippen molar-refractivity contribution < 1.29 is 26.9 Å². The average molecular weight is 647 g/mol. The summed E-state index contributed by atoms with van der Waals surface area (Å²) in [4.78, 5) is 21.3. The quantitative estimate of drug-likeness (QED) is 0.302. The molecule has 2 heterocycles. The molecule has 0 saturated heterocycles. The van der Waals surface area contributed by atoms with E-state index in [1.165, 1.54) is 12.5 Å². The van der Waals surface area contributed by atoms with Crippen molar-refractivity contribution in [3.8, 4) is 0 Å². The molecule has 1 saturated carbocycles. The van der Waals surface area contributed by atoms with Crippen LogP contribution in [0, 0.1) is 0 Å². The van der Waals surface area contributed by atoms with Crippen molar-refractivity contribution >= 4 is 53.8 Å². The molecule has 0 radical (unpaired) electrons. The first-order valence-electron chi connectivity index (χ1n) is 10.7. The lowest BCUT2D eigenvalue weighted by atomic mass is 10.1. The summed E-state index contributed by atoms with van der Waals surface area (Å²) in [7, 11) is -2.99. The van der Waals surface area contributed by atoms with Crippen molar-refractivity contribution in [3.05, 3.63) is 74.8 Å². The van der Waals surface area contributed by atoms with Crippen molar-refractivity contribution in [2.45, 2.75) is 37.4 Å². The summed E-state index contributed by atoms with van der Waals surface area (Å²) < 4.78 is 48.4. The Morgan fingerprint density at radius 1 is 1.33 bits per heavy atom. The number of halogens is 3. The van der Waals surface area contributed by atoms with E-state index < -0.39 is 40.5 Å². The zero-order valence-electron chi connectivity index (χ0n) is 18.8. The van der Waals surface area contributed by atoms with Gasteiger partial charge in [-0.05, 0) is 39.7 Å². The number of aliphatic hydroxyl groups is 1. The number of nitrogens with one attached hydrogen (secondary N) is 2. The van der Waals surface area contributed by atoms with Gasteiger partial charge in [0.1, 0.15) is 30.5 Å². The standard InChI is InChI=1S/C22H22Br2FN5O5S/c1-26-36(33,34)35-17-7-16(19(25)21(17)32)29-22-15(8-27-11-28-22)20(31)13-6-18(24)30(10-13)9-12-3-2-4-14(23)5-12/h2-6,8,10-11,16-17,19,21,26,32H,7,9H2,1H3,(H,27,28,29)/t16-,17-,19-,21-/m1/s1. The summed E-state index contributed by atoms with van der Waals surface area (Å²) in [6.07, 6.45) is -0.821. The van der Waals surface area contributed by atoms with Crippen LogP contribution in [0.15, 0.2) is 58.1 Å². The second-order valence-corrected chi connectivity index (χ2v) is 11.4. The molecular formula is C22H22Br2FN5O5S. The van der Waals surface area contributed by atoms with E-state index >= 15 is 0 Å². The van der Waals surface area contributed by atoms with Gasteiger partial charge in [-0.2, -0.15) is 13.1 Å². The van der Waals surface area contributed by atoms with Gasteiger partial charge in [-0.3, -0.25) is 8.98 Å². The Balaban J connectivity index is 1.53. The summed E-state index contributed by atoms with van der Waals surface area (Å²) in [5.74, 6) is -0.339. The molecule has 4 rings (SSSR count). The highest BCUT2D eigenvalue weighted by atomic mass is 79.9. The van der Waals surface area contributed by atoms with Crippen LogP contribution in [0.5, 0.6) is 0 Å². The van der Waals surface area contributed by atoms with Gasteiger partial charge in [-0.1, -0.05) is 28.1 Å². The Morgan fingerprint density at radius 2 is 2.11 bits per heavy atom. The Morgan fingerprint density at radius 3 is 2.83 bits per heavy atom. The minimum atomic E-state index is -4.13. The number of hydrogen-bond acceptors (Lipinski definition) is 8. The summed E-state index contributed by atoms with van der Waals surface area (Å²) >= 11 is 6.93. The topological polar surface area (TPSA) is 135 Å². The molecule has 0 spiro atoms. The molecule has 1 aromatic carbocycles. The summed E-state index contributed by atoms with van der Waals surface area (Å²) in [6, 6.07) is 8.40. The second kappa shape index (κ2) is 11.0. The van der Waals surface area contributed by atoms with Gasteiger partial charge >= 0.3 is 10.3 Å². The molecule has 0 aliphatic heterocycles. The molecule has 192 valence electrons. The summed E-state index contributed by atoms with van der Waals surface area (Å²) in [5.41, 5.74) is 1.48. The van der Waals surface area contributed by atoms with E-state index in [1.807, 2.05) is 33.6 Å². The van der Waals surface area contributed by atoms with E-state index in [-0.39, 0.29) is 17.8 Å². The number of carbonyl (C=O) groups excluding carboxylic acids is 1. The molecule has 3 N–H and O–H groups in total. The van der Waals surface area contributed by atoms with E-state index in [2.05, 4.69) is 47.1 Å². The van der Waals surface area contributed by atoms with E-state index in [4.69, 9.17) is 4.18 Å². The van der Waals surface area contributed by atoms with Crippen LogP contribution in [0.3, 0.4) is 0 Å². The number of carbonyl (C=O) groups is 1. The fourth-order valence-electron chi connectivity index (χ4n) is 3.91. The normalized spacial score (nSPS) is 22.0. The number of alkyl halides is 1. The van der Waals surface area contributed by atoms with Crippen molar-refractivity contribution in [3.63, 3.8) is 0 Å². The Kier molecular flexibility index (Phi) is 8.22. The number of hydrogen-bond donors (Lipinski definition) is 3. The first-order valence-corrected chi connectivity index (χ1v) is 13.7. The van der Waals surface area contributed by atoms with Crippen LogP contribution in [0.25, 0.3) is 0 Å². The lowest BCUT2D eigenvalue weighted by Gasteiger charge is -2.17. The van der Waals surface area contributed by atoms with Crippen LogP contribution >= 0.6 is 31.9 Å². The average Bonchev–Trinajstić information content (AvgIpc) is 3.33. The number of nitrogens with zero attached hydrogens (tertiary/aromatic N) is 3. The van der Waals surface area contributed by atoms with Gasteiger partial charge in [0.2, 0.25) is 0 Å². The molecule has 14 heteroatoms. The zero-order valence-corrected chi connectivity index (χ0v) is 22.8. The van der Waals surface area contributed by atoms with Crippen LogP contribution in [0.1, 0.15) is 27.9 Å². The van der Waals surface area contributed by atoms with Crippen molar-refractivity contribution in [2.75, 3.05) is 12.4 Å². The molecule has 1 aliphatic carbocycles. The fourth-order valence-corrected chi connectivity index (χ4v) is 5.44. The lowest BCUT2D eigenvalue weighted by Crippen LogP contribution is -2.35. The zero-order chi connectivity index (χ0) is 26.0. The number of ketones is 1. The number of benzene rings is 1.